The Kier molecular flexibility index (Phi) is 4.02. The van der Waals surface area contributed by atoms with Crippen LogP contribution in [0, 0.1) is 0 Å². The molecule has 1 aliphatic heterocycles. The normalized spacial score (nSPS) is 21.0. The summed E-state index contributed by atoms with van der Waals surface area (Å²) in [5.41, 5.74) is 2.38. The first-order chi connectivity index (χ1) is 9.98. The molecule has 0 atom stereocenters. The lowest BCUT2D eigenvalue weighted by molar-refractivity contribution is 0.0943. The number of nitrogens with one attached hydrogen (secondary N) is 1. The molecule has 4 heteroatoms. The maximum atomic E-state index is 4.95. The molecule has 0 aromatic carbocycles. The van der Waals surface area contributed by atoms with Crippen molar-refractivity contribution in [3.8, 4) is 0 Å². The van der Waals surface area contributed by atoms with E-state index in [4.69, 9.17) is 9.97 Å². The summed E-state index contributed by atoms with van der Waals surface area (Å²) in [6.45, 7) is 13.2. The molecule has 1 aliphatic carbocycles. The van der Waals surface area contributed by atoms with Crippen LogP contribution >= 0.6 is 0 Å². The Hall–Kier alpha value is -1.00. The maximum Gasteiger partial charge on any atom is 0.148 e. The Bertz CT molecular complexity index is 479. The summed E-state index contributed by atoms with van der Waals surface area (Å²) in [4.78, 5) is 12.4. The summed E-state index contributed by atoms with van der Waals surface area (Å²) < 4.78 is 0. The van der Waals surface area contributed by atoms with Gasteiger partial charge in [0.2, 0.25) is 0 Å². The molecule has 1 N–H and O–H groups in total. The van der Waals surface area contributed by atoms with Gasteiger partial charge >= 0.3 is 0 Å². The highest BCUT2D eigenvalue weighted by atomic mass is 15.3. The molecule has 3 rings (SSSR count). The molecule has 21 heavy (non-hydrogen) atoms. The van der Waals surface area contributed by atoms with Crippen molar-refractivity contribution in [3.05, 3.63) is 23.3 Å². The lowest BCUT2D eigenvalue weighted by Crippen LogP contribution is -2.52. The van der Waals surface area contributed by atoms with E-state index in [1.165, 1.54) is 24.2 Å². The molecule has 2 fully saturated rings. The van der Waals surface area contributed by atoms with E-state index in [1.54, 1.807) is 0 Å². The first kappa shape index (κ1) is 14.9. The number of piperazine rings is 1. The summed E-state index contributed by atoms with van der Waals surface area (Å²) in [6, 6.07) is 2.24. The Morgan fingerprint density at radius 1 is 1.19 bits per heavy atom. The zero-order valence-electron chi connectivity index (χ0n) is 13.8. The Morgan fingerprint density at radius 3 is 2.43 bits per heavy atom. The van der Waals surface area contributed by atoms with E-state index in [9.17, 15) is 0 Å². The summed E-state index contributed by atoms with van der Waals surface area (Å²) >= 11 is 0. The second-order valence-electron chi connectivity index (χ2n) is 7.27. The van der Waals surface area contributed by atoms with E-state index >= 15 is 0 Å². The molecule has 4 nitrogen and oxygen atoms in total. The molecule has 2 heterocycles. The molecule has 0 spiro atoms. The molecule has 1 aromatic rings. The van der Waals surface area contributed by atoms with Crippen LogP contribution in [0.2, 0.25) is 0 Å². The van der Waals surface area contributed by atoms with Gasteiger partial charge in [0.25, 0.3) is 0 Å². The van der Waals surface area contributed by atoms with Gasteiger partial charge in [-0.2, -0.15) is 0 Å². The second-order valence-corrected chi connectivity index (χ2v) is 7.27. The number of hydrogen-bond acceptors (Lipinski definition) is 4. The minimum absolute atomic E-state index is 0.0867. The van der Waals surface area contributed by atoms with Crippen molar-refractivity contribution in [1.82, 2.24) is 20.2 Å². The number of rotatable bonds is 4. The summed E-state index contributed by atoms with van der Waals surface area (Å²) in [5, 5.41) is 3.43. The van der Waals surface area contributed by atoms with Gasteiger partial charge in [-0.15, -0.1) is 0 Å². The van der Waals surface area contributed by atoms with E-state index in [0.717, 1.165) is 32.0 Å². The topological polar surface area (TPSA) is 41.1 Å². The summed E-state index contributed by atoms with van der Waals surface area (Å²) in [5.74, 6) is 2.16. The quantitative estimate of drug-likeness (QED) is 0.924. The van der Waals surface area contributed by atoms with E-state index in [2.05, 4.69) is 44.0 Å². The highest BCUT2D eigenvalue weighted by Crippen LogP contribution is 2.40. The molecular formula is C17H28N4. The van der Waals surface area contributed by atoms with Gasteiger partial charge in [0.1, 0.15) is 5.82 Å². The number of hydrogen-bond donors (Lipinski definition) is 1. The van der Waals surface area contributed by atoms with Gasteiger partial charge in [-0.25, -0.2) is 9.97 Å². The Morgan fingerprint density at radius 2 is 1.86 bits per heavy atom. The smallest absolute Gasteiger partial charge is 0.148 e. The molecule has 1 saturated heterocycles. The maximum absolute atomic E-state index is 4.95. The van der Waals surface area contributed by atoms with Gasteiger partial charge in [0, 0.05) is 43.5 Å². The van der Waals surface area contributed by atoms with Crippen LogP contribution in [0.4, 0.5) is 0 Å². The van der Waals surface area contributed by atoms with Crippen LogP contribution in [0.1, 0.15) is 69.6 Å². The average molecular weight is 288 g/mol. The largest absolute Gasteiger partial charge is 0.314 e. The molecule has 2 aliphatic rings. The van der Waals surface area contributed by atoms with Crippen LogP contribution in [0.25, 0.3) is 0 Å². The van der Waals surface area contributed by atoms with Crippen LogP contribution in [-0.2, 0) is 5.54 Å². The third-order valence-corrected chi connectivity index (χ3v) is 4.81. The van der Waals surface area contributed by atoms with Crippen LogP contribution in [0.15, 0.2) is 6.07 Å². The van der Waals surface area contributed by atoms with Gasteiger partial charge in [0.15, 0.2) is 0 Å². The summed E-state index contributed by atoms with van der Waals surface area (Å²) in [7, 11) is 0. The standard InChI is InChI=1S/C17H28N4/c1-12(2)14-11-15(13-5-6-13)20-16(19-14)17(3,4)21-9-7-18-8-10-21/h11-13,18H,5-10H2,1-4H3. The van der Waals surface area contributed by atoms with Gasteiger partial charge in [-0.3, -0.25) is 4.90 Å². The van der Waals surface area contributed by atoms with E-state index in [-0.39, 0.29) is 5.54 Å². The van der Waals surface area contributed by atoms with Crippen molar-refractivity contribution < 1.29 is 0 Å². The van der Waals surface area contributed by atoms with Crippen LogP contribution < -0.4 is 5.32 Å². The molecular weight excluding hydrogens is 260 g/mol. The van der Waals surface area contributed by atoms with Crippen molar-refractivity contribution in [3.63, 3.8) is 0 Å². The van der Waals surface area contributed by atoms with Gasteiger partial charge in [-0.1, -0.05) is 13.8 Å². The van der Waals surface area contributed by atoms with E-state index in [1.807, 2.05) is 0 Å². The van der Waals surface area contributed by atoms with Crippen LogP contribution in [0.3, 0.4) is 0 Å². The monoisotopic (exact) mass is 288 g/mol. The minimum Gasteiger partial charge on any atom is -0.314 e. The summed E-state index contributed by atoms with van der Waals surface area (Å²) in [6.07, 6.45) is 2.59. The van der Waals surface area contributed by atoms with Crippen molar-refractivity contribution in [1.29, 1.82) is 0 Å². The molecule has 0 amide bonds. The van der Waals surface area contributed by atoms with E-state index < -0.39 is 0 Å². The van der Waals surface area contributed by atoms with Crippen molar-refractivity contribution in [2.45, 2.75) is 57.9 Å². The van der Waals surface area contributed by atoms with E-state index in [0.29, 0.717) is 11.8 Å². The lowest BCUT2D eigenvalue weighted by atomic mass is 9.99. The first-order valence-corrected chi connectivity index (χ1v) is 8.33. The fourth-order valence-corrected chi connectivity index (χ4v) is 3.01. The Balaban J connectivity index is 1.95. The zero-order chi connectivity index (χ0) is 15.0. The third-order valence-electron chi connectivity index (χ3n) is 4.81. The zero-order valence-corrected chi connectivity index (χ0v) is 13.8. The molecule has 1 aromatic heterocycles. The van der Waals surface area contributed by atoms with Gasteiger partial charge < -0.3 is 5.32 Å². The van der Waals surface area contributed by atoms with Crippen LogP contribution in [-0.4, -0.2) is 41.0 Å². The molecule has 0 radical (unpaired) electrons. The highest BCUT2D eigenvalue weighted by Gasteiger charge is 2.35. The van der Waals surface area contributed by atoms with Gasteiger partial charge in [0.05, 0.1) is 5.54 Å². The fraction of sp³-hybridized carbons (Fsp3) is 0.765. The SMILES string of the molecule is CC(C)c1cc(C2CC2)nc(C(C)(C)N2CCNCC2)n1. The predicted octanol–water partition coefficient (Wildman–Crippen LogP) is 2.62. The van der Waals surface area contributed by atoms with Crippen molar-refractivity contribution in [2.24, 2.45) is 0 Å². The van der Waals surface area contributed by atoms with Crippen LogP contribution in [0.5, 0.6) is 0 Å². The highest BCUT2D eigenvalue weighted by molar-refractivity contribution is 5.23. The number of nitrogens with zero attached hydrogens (tertiary/aromatic N) is 3. The first-order valence-electron chi connectivity index (χ1n) is 8.33. The number of aromatic nitrogens is 2. The molecule has 116 valence electrons. The second kappa shape index (κ2) is 5.65. The predicted molar refractivity (Wildman–Crippen MR) is 85.6 cm³/mol. The Labute approximate surface area is 128 Å². The molecule has 0 unspecified atom stereocenters. The lowest BCUT2D eigenvalue weighted by Gasteiger charge is -2.40. The average Bonchev–Trinajstić information content (AvgIpc) is 3.32. The minimum atomic E-state index is -0.0867. The van der Waals surface area contributed by atoms with Crippen molar-refractivity contribution >= 4 is 0 Å². The van der Waals surface area contributed by atoms with Gasteiger partial charge in [-0.05, 0) is 38.7 Å². The third kappa shape index (κ3) is 3.11. The fourth-order valence-electron chi connectivity index (χ4n) is 3.01. The van der Waals surface area contributed by atoms with Crippen molar-refractivity contribution in [2.75, 3.05) is 26.2 Å². The molecule has 1 saturated carbocycles. The molecule has 0 bridgehead atoms.